The van der Waals surface area contributed by atoms with E-state index in [1.54, 1.807) is 12.5 Å². The Morgan fingerprint density at radius 2 is 1.97 bits per heavy atom. The van der Waals surface area contributed by atoms with Gasteiger partial charge in [-0.05, 0) is 12.1 Å². The maximum absolute atomic E-state index is 5.81. The van der Waals surface area contributed by atoms with Gasteiger partial charge < -0.3 is 19.5 Å². The van der Waals surface area contributed by atoms with Crippen molar-refractivity contribution in [2.24, 2.45) is 0 Å². The Kier molecular flexibility index (Phi) is 6.20. The first-order valence-corrected chi connectivity index (χ1v) is 11.0. The molecule has 6 rings (SSSR count). The van der Waals surface area contributed by atoms with Crippen LogP contribution in [0.4, 0.5) is 5.82 Å². The van der Waals surface area contributed by atoms with Crippen LogP contribution in [-0.4, -0.2) is 62.7 Å². The van der Waals surface area contributed by atoms with Crippen LogP contribution in [0.2, 0.25) is 0 Å². The second kappa shape index (κ2) is 9.43. The molecule has 10 nitrogen and oxygen atoms in total. The van der Waals surface area contributed by atoms with Crippen LogP contribution in [0.5, 0.6) is 11.6 Å². The van der Waals surface area contributed by atoms with Gasteiger partial charge in [-0.2, -0.15) is 18.6 Å². The van der Waals surface area contributed by atoms with Crippen molar-refractivity contribution in [3.8, 4) is 22.9 Å². The van der Waals surface area contributed by atoms with E-state index in [1.165, 1.54) is 0 Å². The van der Waals surface area contributed by atoms with E-state index in [0.29, 0.717) is 38.9 Å². The lowest BCUT2D eigenvalue weighted by atomic mass is 10.0. The van der Waals surface area contributed by atoms with Gasteiger partial charge in [0.1, 0.15) is 31.4 Å². The molecule has 1 N–H and O–H groups in total. The molecular weight excluding hydrogens is 454 g/mol. The van der Waals surface area contributed by atoms with Gasteiger partial charge in [-0.3, -0.25) is 0 Å². The predicted molar refractivity (Wildman–Crippen MR) is 131 cm³/mol. The molecule has 0 aromatic carbocycles. The molecule has 11 heteroatoms. The largest absolute Gasteiger partial charge is 0.484 e. The molecule has 0 unspecified atom stereocenters. The SMILES string of the molecule is C[C@H](CNc1cc(-c2cnc3c(cnn3C3COC3)c2)ncn1)c1ccnc2c1OCCO2.S. The van der Waals surface area contributed by atoms with Crippen LogP contribution in [-0.2, 0) is 4.74 Å². The van der Waals surface area contributed by atoms with Crippen LogP contribution in [0.1, 0.15) is 24.4 Å². The third-order valence-electron chi connectivity index (χ3n) is 5.95. The van der Waals surface area contributed by atoms with Gasteiger partial charge in [-0.15, -0.1) is 0 Å². The topological polar surface area (TPSA) is 109 Å². The lowest BCUT2D eigenvalue weighted by Gasteiger charge is -2.26. The van der Waals surface area contributed by atoms with Gasteiger partial charge in [0.25, 0.3) is 5.88 Å². The number of hydrogen-bond acceptors (Lipinski definition) is 9. The summed E-state index contributed by atoms with van der Waals surface area (Å²) in [7, 11) is 0. The minimum atomic E-state index is 0. The van der Waals surface area contributed by atoms with E-state index < -0.39 is 0 Å². The Bertz CT molecular complexity index is 1310. The lowest BCUT2D eigenvalue weighted by Crippen LogP contribution is -2.31. The fourth-order valence-corrected chi connectivity index (χ4v) is 4.05. The molecule has 0 aliphatic carbocycles. The average molecular weight is 480 g/mol. The highest BCUT2D eigenvalue weighted by Gasteiger charge is 2.24. The Balaban J connectivity index is 0.00000241. The van der Waals surface area contributed by atoms with Crippen molar-refractivity contribution in [3.05, 3.63) is 48.7 Å². The number of nitrogens with zero attached hydrogens (tertiary/aromatic N) is 6. The molecule has 2 aliphatic heterocycles. The second-order valence-corrected chi connectivity index (χ2v) is 8.22. The summed E-state index contributed by atoms with van der Waals surface area (Å²) < 4.78 is 18.6. The number of ether oxygens (including phenoxy) is 3. The van der Waals surface area contributed by atoms with Crippen molar-refractivity contribution in [1.82, 2.24) is 29.7 Å². The van der Waals surface area contributed by atoms with E-state index in [1.807, 2.05) is 29.2 Å². The molecule has 0 bridgehead atoms. The third kappa shape index (κ3) is 4.12. The molecule has 2 aliphatic rings. The zero-order valence-electron chi connectivity index (χ0n) is 18.6. The van der Waals surface area contributed by atoms with Crippen LogP contribution < -0.4 is 14.8 Å². The van der Waals surface area contributed by atoms with Crippen LogP contribution in [0.3, 0.4) is 0 Å². The standard InChI is InChI=1S/C23H23N7O3.H2S/c1-14(18-2-3-24-23-21(18)32-4-5-33-23)8-25-20-7-19(27-13-28-20)15-6-16-10-29-30(17-11-31-12-17)22(16)26-9-15;/h2-3,6-7,9-10,13-14,17H,4-5,8,11-12H2,1H3,(H,25,27,28);1H2/t14-;/m1./s1. The molecule has 176 valence electrons. The summed E-state index contributed by atoms with van der Waals surface area (Å²) in [5, 5.41) is 8.87. The predicted octanol–water partition coefficient (Wildman–Crippen LogP) is 2.95. The molecular formula is C23H25N7O3S. The van der Waals surface area contributed by atoms with Crippen LogP contribution in [0.15, 0.2) is 43.1 Å². The third-order valence-corrected chi connectivity index (χ3v) is 5.95. The zero-order chi connectivity index (χ0) is 22.2. The van der Waals surface area contributed by atoms with Crippen LogP contribution >= 0.6 is 13.5 Å². The monoisotopic (exact) mass is 479 g/mol. The minimum Gasteiger partial charge on any atom is -0.484 e. The Labute approximate surface area is 203 Å². The van der Waals surface area contributed by atoms with E-state index in [-0.39, 0.29) is 25.5 Å². The summed E-state index contributed by atoms with van der Waals surface area (Å²) in [6.45, 7) is 5.22. The van der Waals surface area contributed by atoms with Gasteiger partial charge in [-0.25, -0.2) is 24.6 Å². The highest BCUT2D eigenvalue weighted by Crippen LogP contribution is 2.35. The minimum absolute atomic E-state index is 0. The lowest BCUT2D eigenvalue weighted by molar-refractivity contribution is -0.0269. The van der Waals surface area contributed by atoms with Crippen molar-refractivity contribution >= 4 is 30.3 Å². The van der Waals surface area contributed by atoms with E-state index in [9.17, 15) is 0 Å². The fraction of sp³-hybridized carbons (Fsp3) is 0.348. The number of anilines is 1. The zero-order valence-corrected chi connectivity index (χ0v) is 19.6. The van der Waals surface area contributed by atoms with E-state index in [2.05, 4.69) is 43.3 Å². The number of nitrogens with one attached hydrogen (secondary N) is 1. The molecule has 0 amide bonds. The van der Waals surface area contributed by atoms with Gasteiger partial charge in [0, 0.05) is 47.4 Å². The quantitative estimate of drug-likeness (QED) is 0.446. The van der Waals surface area contributed by atoms with Crippen molar-refractivity contribution in [2.75, 3.05) is 38.3 Å². The normalized spacial score (nSPS) is 15.9. The van der Waals surface area contributed by atoms with Crippen molar-refractivity contribution < 1.29 is 14.2 Å². The number of pyridine rings is 2. The first-order valence-electron chi connectivity index (χ1n) is 11.0. The molecule has 0 radical (unpaired) electrons. The molecule has 1 saturated heterocycles. The fourth-order valence-electron chi connectivity index (χ4n) is 4.05. The van der Waals surface area contributed by atoms with Crippen LogP contribution in [0.25, 0.3) is 22.3 Å². The summed E-state index contributed by atoms with van der Waals surface area (Å²) in [6, 6.07) is 6.23. The molecule has 1 atom stereocenters. The maximum Gasteiger partial charge on any atom is 0.257 e. The van der Waals surface area contributed by atoms with Gasteiger partial charge in [0.2, 0.25) is 0 Å². The van der Waals surface area contributed by atoms with Crippen molar-refractivity contribution in [3.63, 3.8) is 0 Å². The van der Waals surface area contributed by atoms with E-state index >= 15 is 0 Å². The first-order chi connectivity index (χ1) is 16.3. The number of fused-ring (bicyclic) bond motifs is 2. The number of hydrogen-bond donors (Lipinski definition) is 1. The maximum atomic E-state index is 5.81. The highest BCUT2D eigenvalue weighted by atomic mass is 32.1. The molecule has 4 aromatic rings. The Morgan fingerprint density at radius 3 is 2.82 bits per heavy atom. The van der Waals surface area contributed by atoms with E-state index in [4.69, 9.17) is 14.2 Å². The highest BCUT2D eigenvalue weighted by molar-refractivity contribution is 7.59. The van der Waals surface area contributed by atoms with Gasteiger partial charge >= 0.3 is 0 Å². The smallest absolute Gasteiger partial charge is 0.257 e. The summed E-state index contributed by atoms with van der Waals surface area (Å²) in [4.78, 5) is 17.7. The van der Waals surface area contributed by atoms with Gasteiger partial charge in [0.15, 0.2) is 11.4 Å². The number of rotatable bonds is 6. The molecule has 4 aromatic heterocycles. The first kappa shape index (κ1) is 22.4. The Morgan fingerprint density at radius 1 is 1.09 bits per heavy atom. The molecule has 6 heterocycles. The number of aromatic nitrogens is 6. The molecule has 34 heavy (non-hydrogen) atoms. The average Bonchev–Trinajstić information content (AvgIpc) is 3.24. The summed E-state index contributed by atoms with van der Waals surface area (Å²) in [5.74, 6) is 2.20. The Hall–Kier alpha value is -3.44. The van der Waals surface area contributed by atoms with Gasteiger partial charge in [-0.1, -0.05) is 6.92 Å². The molecule has 0 spiro atoms. The van der Waals surface area contributed by atoms with Gasteiger partial charge in [0.05, 0.1) is 25.1 Å². The van der Waals surface area contributed by atoms with Crippen molar-refractivity contribution in [1.29, 1.82) is 0 Å². The summed E-state index contributed by atoms with van der Waals surface area (Å²) in [5.41, 5.74) is 3.64. The van der Waals surface area contributed by atoms with E-state index in [0.717, 1.165) is 39.4 Å². The summed E-state index contributed by atoms with van der Waals surface area (Å²) >= 11 is 0. The summed E-state index contributed by atoms with van der Waals surface area (Å²) in [6.07, 6.45) is 6.99. The second-order valence-electron chi connectivity index (χ2n) is 8.22. The molecule has 1 fully saturated rings. The van der Waals surface area contributed by atoms with Crippen molar-refractivity contribution in [2.45, 2.75) is 18.9 Å². The molecule has 0 saturated carbocycles. The van der Waals surface area contributed by atoms with Crippen LogP contribution in [0, 0.1) is 0 Å².